The van der Waals surface area contributed by atoms with Gasteiger partial charge in [-0.3, -0.25) is 4.79 Å². The van der Waals surface area contributed by atoms with E-state index in [1.807, 2.05) is 24.3 Å². The second kappa shape index (κ2) is 7.25. The molecule has 1 aromatic carbocycles. The van der Waals surface area contributed by atoms with Crippen LogP contribution in [0.3, 0.4) is 0 Å². The summed E-state index contributed by atoms with van der Waals surface area (Å²) in [4.78, 5) is 14.7. The van der Waals surface area contributed by atoms with Crippen LogP contribution in [0.25, 0.3) is 0 Å². The van der Waals surface area contributed by atoms with Gasteiger partial charge in [-0.25, -0.2) is 0 Å². The Morgan fingerprint density at radius 3 is 2.48 bits per heavy atom. The van der Waals surface area contributed by atoms with E-state index in [1.54, 1.807) is 0 Å². The number of halogens is 1. The lowest BCUT2D eigenvalue weighted by Gasteiger charge is -2.25. The van der Waals surface area contributed by atoms with E-state index in [9.17, 15) is 4.79 Å². The molecule has 21 heavy (non-hydrogen) atoms. The standard InChI is InChI=1S/C16H22N2O2.ClH/c17-9-12-1-3-14(4-2-12)16(19)18(15-5-6-15)10-13-7-8-20-11-13;/h1-4,13,15H,5-11,17H2;1H. The van der Waals surface area contributed by atoms with Crippen molar-refractivity contribution in [1.29, 1.82) is 0 Å². The molecule has 1 saturated heterocycles. The van der Waals surface area contributed by atoms with E-state index in [-0.39, 0.29) is 18.3 Å². The van der Waals surface area contributed by atoms with Gasteiger partial charge in [0.05, 0.1) is 6.61 Å². The first kappa shape index (κ1) is 16.3. The predicted octanol–water partition coefficient (Wildman–Crippen LogP) is 2.21. The second-order valence-corrected chi connectivity index (χ2v) is 5.82. The molecule has 0 aromatic heterocycles. The third-order valence-corrected chi connectivity index (χ3v) is 4.16. The van der Waals surface area contributed by atoms with Gasteiger partial charge in [-0.2, -0.15) is 0 Å². The van der Waals surface area contributed by atoms with Crippen LogP contribution in [0, 0.1) is 5.92 Å². The van der Waals surface area contributed by atoms with Gasteiger partial charge in [0, 0.05) is 37.2 Å². The highest BCUT2D eigenvalue weighted by Crippen LogP contribution is 2.30. The number of hydrogen-bond acceptors (Lipinski definition) is 3. The quantitative estimate of drug-likeness (QED) is 0.907. The normalized spacial score (nSPS) is 20.9. The van der Waals surface area contributed by atoms with Gasteiger partial charge in [0.1, 0.15) is 0 Å². The monoisotopic (exact) mass is 310 g/mol. The van der Waals surface area contributed by atoms with Crippen molar-refractivity contribution < 1.29 is 9.53 Å². The Labute approximate surface area is 132 Å². The minimum absolute atomic E-state index is 0. The largest absolute Gasteiger partial charge is 0.381 e. The van der Waals surface area contributed by atoms with Crippen molar-refractivity contribution in [3.8, 4) is 0 Å². The van der Waals surface area contributed by atoms with Crippen molar-refractivity contribution in [1.82, 2.24) is 4.90 Å². The molecule has 5 heteroatoms. The van der Waals surface area contributed by atoms with E-state index in [1.165, 1.54) is 0 Å². The SMILES string of the molecule is Cl.NCc1ccc(C(=O)N(CC2CCOC2)C2CC2)cc1. The lowest BCUT2D eigenvalue weighted by Crippen LogP contribution is -2.37. The fourth-order valence-electron chi connectivity index (χ4n) is 2.74. The van der Waals surface area contributed by atoms with Crippen LogP contribution in [0.4, 0.5) is 0 Å². The van der Waals surface area contributed by atoms with Crippen molar-refractivity contribution in [2.45, 2.75) is 31.8 Å². The molecule has 2 fully saturated rings. The summed E-state index contributed by atoms with van der Waals surface area (Å²) in [6.45, 7) is 2.98. The molecule has 1 atom stereocenters. The van der Waals surface area contributed by atoms with Gasteiger partial charge >= 0.3 is 0 Å². The van der Waals surface area contributed by atoms with Gasteiger partial charge in [0.25, 0.3) is 5.91 Å². The molecular weight excluding hydrogens is 288 g/mol. The third kappa shape index (κ3) is 3.96. The molecule has 1 aliphatic heterocycles. The molecule has 0 radical (unpaired) electrons. The summed E-state index contributed by atoms with van der Waals surface area (Å²) in [7, 11) is 0. The number of carbonyl (C=O) groups is 1. The van der Waals surface area contributed by atoms with Crippen molar-refractivity contribution >= 4 is 18.3 Å². The highest BCUT2D eigenvalue weighted by molar-refractivity contribution is 5.94. The zero-order valence-corrected chi connectivity index (χ0v) is 13.0. The second-order valence-electron chi connectivity index (χ2n) is 5.82. The summed E-state index contributed by atoms with van der Waals surface area (Å²) in [6.07, 6.45) is 3.35. The maximum atomic E-state index is 12.7. The van der Waals surface area contributed by atoms with E-state index in [0.717, 1.165) is 50.1 Å². The molecule has 1 heterocycles. The summed E-state index contributed by atoms with van der Waals surface area (Å²) in [5, 5.41) is 0. The Bertz CT molecular complexity index is 468. The molecule has 3 rings (SSSR count). The van der Waals surface area contributed by atoms with Crippen LogP contribution in [0.2, 0.25) is 0 Å². The average Bonchev–Trinajstić information content (AvgIpc) is 3.21. The fraction of sp³-hybridized carbons (Fsp3) is 0.562. The van der Waals surface area contributed by atoms with Crippen molar-refractivity contribution in [2.75, 3.05) is 19.8 Å². The number of hydrogen-bond donors (Lipinski definition) is 1. The molecule has 0 spiro atoms. The van der Waals surface area contributed by atoms with Crippen LogP contribution >= 0.6 is 12.4 Å². The van der Waals surface area contributed by atoms with Crippen molar-refractivity contribution in [3.05, 3.63) is 35.4 Å². The topological polar surface area (TPSA) is 55.6 Å². The number of benzene rings is 1. The minimum atomic E-state index is 0. The maximum Gasteiger partial charge on any atom is 0.254 e. The van der Waals surface area contributed by atoms with Crippen LogP contribution in [-0.2, 0) is 11.3 Å². The number of nitrogens with two attached hydrogens (primary N) is 1. The zero-order chi connectivity index (χ0) is 13.9. The van der Waals surface area contributed by atoms with Crippen LogP contribution < -0.4 is 5.73 Å². The summed E-state index contributed by atoms with van der Waals surface area (Å²) >= 11 is 0. The maximum absolute atomic E-state index is 12.7. The molecule has 116 valence electrons. The minimum Gasteiger partial charge on any atom is -0.381 e. The number of nitrogens with zero attached hydrogens (tertiary/aromatic N) is 1. The van der Waals surface area contributed by atoms with Gasteiger partial charge < -0.3 is 15.4 Å². The molecule has 1 amide bonds. The Morgan fingerprint density at radius 1 is 1.24 bits per heavy atom. The molecule has 2 aliphatic rings. The lowest BCUT2D eigenvalue weighted by atomic mass is 10.1. The van der Waals surface area contributed by atoms with E-state index in [2.05, 4.69) is 4.90 Å². The highest BCUT2D eigenvalue weighted by atomic mass is 35.5. The van der Waals surface area contributed by atoms with Crippen LogP contribution in [0.1, 0.15) is 35.2 Å². The van der Waals surface area contributed by atoms with Crippen LogP contribution in [0.5, 0.6) is 0 Å². The first-order valence-electron chi connectivity index (χ1n) is 7.45. The van der Waals surface area contributed by atoms with Gasteiger partial charge in [-0.15, -0.1) is 12.4 Å². The molecule has 1 saturated carbocycles. The molecular formula is C16H23ClN2O2. The molecule has 1 aromatic rings. The summed E-state index contributed by atoms with van der Waals surface area (Å²) in [6, 6.07) is 8.11. The van der Waals surface area contributed by atoms with Crippen LogP contribution in [-0.4, -0.2) is 36.6 Å². The predicted molar refractivity (Wildman–Crippen MR) is 84.6 cm³/mol. The highest BCUT2D eigenvalue weighted by Gasteiger charge is 2.35. The Hall–Kier alpha value is -1.10. The molecule has 1 aliphatic carbocycles. The molecule has 0 bridgehead atoms. The third-order valence-electron chi connectivity index (χ3n) is 4.16. The van der Waals surface area contributed by atoms with Gasteiger partial charge in [-0.1, -0.05) is 12.1 Å². The average molecular weight is 311 g/mol. The van der Waals surface area contributed by atoms with E-state index >= 15 is 0 Å². The number of rotatable bonds is 5. The summed E-state index contributed by atoms with van der Waals surface area (Å²) in [5.41, 5.74) is 7.42. The van der Waals surface area contributed by atoms with E-state index in [0.29, 0.717) is 18.5 Å². The Morgan fingerprint density at radius 2 is 1.95 bits per heavy atom. The summed E-state index contributed by atoms with van der Waals surface area (Å²) < 4.78 is 5.42. The number of carbonyl (C=O) groups excluding carboxylic acids is 1. The molecule has 4 nitrogen and oxygen atoms in total. The molecule has 2 N–H and O–H groups in total. The Kier molecular flexibility index (Phi) is 5.62. The van der Waals surface area contributed by atoms with E-state index in [4.69, 9.17) is 10.5 Å². The zero-order valence-electron chi connectivity index (χ0n) is 12.2. The van der Waals surface area contributed by atoms with Gasteiger partial charge in [-0.05, 0) is 37.0 Å². The van der Waals surface area contributed by atoms with Crippen molar-refractivity contribution in [2.24, 2.45) is 11.7 Å². The molecule has 1 unspecified atom stereocenters. The number of amides is 1. The fourth-order valence-corrected chi connectivity index (χ4v) is 2.74. The van der Waals surface area contributed by atoms with Crippen LogP contribution in [0.15, 0.2) is 24.3 Å². The first-order valence-corrected chi connectivity index (χ1v) is 7.45. The van der Waals surface area contributed by atoms with Crippen molar-refractivity contribution in [3.63, 3.8) is 0 Å². The van der Waals surface area contributed by atoms with Gasteiger partial charge in [0.2, 0.25) is 0 Å². The summed E-state index contributed by atoms with van der Waals surface area (Å²) in [5.74, 6) is 0.658. The lowest BCUT2D eigenvalue weighted by molar-refractivity contribution is 0.0706. The first-order chi connectivity index (χ1) is 9.78. The van der Waals surface area contributed by atoms with E-state index < -0.39 is 0 Å². The Balaban J connectivity index is 0.00000161. The van der Waals surface area contributed by atoms with Gasteiger partial charge in [0.15, 0.2) is 0 Å². The smallest absolute Gasteiger partial charge is 0.254 e. The number of ether oxygens (including phenoxy) is 1.